The Morgan fingerprint density at radius 1 is 0.968 bits per heavy atom. The summed E-state index contributed by atoms with van der Waals surface area (Å²) in [5, 5.41) is 0. The third-order valence-corrected chi connectivity index (χ3v) is 7.05. The molecule has 1 fully saturated rings. The van der Waals surface area contributed by atoms with Gasteiger partial charge in [0.05, 0.1) is 23.5 Å². The van der Waals surface area contributed by atoms with E-state index in [2.05, 4.69) is 4.74 Å². The van der Waals surface area contributed by atoms with Gasteiger partial charge in [-0.15, -0.1) is 0 Å². The Morgan fingerprint density at radius 3 is 2.19 bits per heavy atom. The average molecular weight is 445 g/mol. The van der Waals surface area contributed by atoms with Crippen LogP contribution in [0.25, 0.3) is 0 Å². The number of carbonyl (C=O) groups excluding carboxylic acids is 3. The molecule has 1 aliphatic rings. The molecule has 0 aromatic heterocycles. The highest BCUT2D eigenvalue weighted by Gasteiger charge is 2.33. The second-order valence-corrected chi connectivity index (χ2v) is 9.14. The van der Waals surface area contributed by atoms with Gasteiger partial charge < -0.3 is 9.47 Å². The number of rotatable bonds is 6. The highest BCUT2D eigenvalue weighted by Crippen LogP contribution is 2.26. The number of ether oxygens (including phenoxy) is 2. The van der Waals surface area contributed by atoms with Crippen LogP contribution in [-0.2, 0) is 19.6 Å². The largest absolute Gasteiger partial charge is 0.465 e. The summed E-state index contributed by atoms with van der Waals surface area (Å²) < 4.78 is 37.1. The van der Waals surface area contributed by atoms with Crippen molar-refractivity contribution in [2.75, 3.05) is 20.2 Å². The average Bonchev–Trinajstić information content (AvgIpc) is 2.79. The number of methoxy groups -OCH3 is 1. The van der Waals surface area contributed by atoms with E-state index in [1.807, 2.05) is 0 Å². The summed E-state index contributed by atoms with van der Waals surface area (Å²) in [7, 11) is -2.48. The maximum absolute atomic E-state index is 12.9. The third-order valence-electron chi connectivity index (χ3n) is 5.16. The van der Waals surface area contributed by atoms with E-state index in [9.17, 15) is 22.8 Å². The molecule has 1 saturated heterocycles. The fraction of sp³-hybridized carbons (Fsp3) is 0.318. The van der Waals surface area contributed by atoms with Crippen LogP contribution in [0.15, 0.2) is 53.4 Å². The maximum atomic E-state index is 12.9. The first-order valence-electron chi connectivity index (χ1n) is 9.73. The summed E-state index contributed by atoms with van der Waals surface area (Å²) in [5.41, 5.74) is 0.674. The van der Waals surface area contributed by atoms with Crippen molar-refractivity contribution in [3.8, 4) is 5.75 Å². The van der Waals surface area contributed by atoms with Gasteiger partial charge in [0, 0.05) is 18.7 Å². The van der Waals surface area contributed by atoms with Crippen LogP contribution in [0.4, 0.5) is 0 Å². The van der Waals surface area contributed by atoms with Gasteiger partial charge in [-0.3, -0.25) is 9.59 Å². The van der Waals surface area contributed by atoms with Gasteiger partial charge in [-0.25, -0.2) is 13.2 Å². The van der Waals surface area contributed by atoms with Crippen molar-refractivity contribution >= 4 is 27.7 Å². The summed E-state index contributed by atoms with van der Waals surface area (Å²) in [4.78, 5) is 35.5. The molecule has 1 aliphatic heterocycles. The van der Waals surface area contributed by atoms with Gasteiger partial charge in [-0.05, 0) is 56.2 Å². The number of benzene rings is 2. The van der Waals surface area contributed by atoms with E-state index < -0.39 is 27.9 Å². The lowest BCUT2D eigenvalue weighted by molar-refractivity contribution is -0.140. The van der Waals surface area contributed by atoms with Crippen molar-refractivity contribution in [2.24, 2.45) is 5.92 Å². The summed E-state index contributed by atoms with van der Waals surface area (Å²) in [6.07, 6.45) is 0.648. The quantitative estimate of drug-likeness (QED) is 0.382. The van der Waals surface area contributed by atoms with Crippen LogP contribution in [0.1, 0.15) is 40.5 Å². The van der Waals surface area contributed by atoms with Crippen LogP contribution in [-0.4, -0.2) is 50.6 Å². The van der Waals surface area contributed by atoms with Gasteiger partial charge in [0.15, 0.2) is 5.78 Å². The van der Waals surface area contributed by atoms with Crippen LogP contribution in [0.5, 0.6) is 5.75 Å². The van der Waals surface area contributed by atoms with Crippen molar-refractivity contribution in [3.05, 3.63) is 59.7 Å². The predicted octanol–water partition coefficient (Wildman–Crippen LogP) is 2.68. The molecule has 0 saturated carbocycles. The van der Waals surface area contributed by atoms with Crippen molar-refractivity contribution in [3.63, 3.8) is 0 Å². The van der Waals surface area contributed by atoms with Gasteiger partial charge in [0.25, 0.3) is 0 Å². The normalized spacial score (nSPS) is 15.3. The van der Waals surface area contributed by atoms with Gasteiger partial charge in [0.2, 0.25) is 10.0 Å². The van der Waals surface area contributed by atoms with Crippen molar-refractivity contribution < 1.29 is 32.3 Å². The Balaban J connectivity index is 1.61. The van der Waals surface area contributed by atoms with Gasteiger partial charge in [-0.1, -0.05) is 12.1 Å². The maximum Gasteiger partial charge on any atom is 0.337 e. The standard InChI is InChI=1S/C22H23NO7S/c1-15(24)18-4-3-5-20(14-18)31(27,28)23-12-10-17(11-13-23)22(26)30-19-8-6-16(7-9-19)21(25)29-2/h3-9,14,17H,10-13H2,1-2H3. The monoisotopic (exact) mass is 445 g/mol. The topological polar surface area (TPSA) is 107 Å². The first-order valence-corrected chi connectivity index (χ1v) is 11.2. The Morgan fingerprint density at radius 2 is 1.61 bits per heavy atom. The minimum absolute atomic E-state index is 0.0620. The summed E-state index contributed by atoms with van der Waals surface area (Å²) >= 11 is 0. The van der Waals surface area contributed by atoms with E-state index in [4.69, 9.17) is 4.74 Å². The number of piperidine rings is 1. The van der Waals surface area contributed by atoms with Gasteiger partial charge >= 0.3 is 11.9 Å². The Kier molecular flexibility index (Phi) is 6.87. The second-order valence-electron chi connectivity index (χ2n) is 7.20. The third kappa shape index (κ3) is 5.18. The molecule has 9 heteroatoms. The molecule has 0 atom stereocenters. The molecule has 0 bridgehead atoms. The molecule has 2 aromatic carbocycles. The number of hydrogen-bond acceptors (Lipinski definition) is 7. The van der Waals surface area contributed by atoms with E-state index in [1.165, 1.54) is 54.7 Å². The van der Waals surface area contributed by atoms with E-state index in [0.29, 0.717) is 29.7 Å². The number of nitrogens with zero attached hydrogens (tertiary/aromatic N) is 1. The molecule has 0 spiro atoms. The smallest absolute Gasteiger partial charge is 0.337 e. The summed E-state index contributed by atoms with van der Waals surface area (Å²) in [6, 6.07) is 12.0. The first-order chi connectivity index (χ1) is 14.7. The minimum Gasteiger partial charge on any atom is -0.465 e. The fourth-order valence-electron chi connectivity index (χ4n) is 3.33. The molecule has 0 amide bonds. The molecule has 0 unspecified atom stereocenters. The van der Waals surface area contributed by atoms with Crippen molar-refractivity contribution in [1.29, 1.82) is 0 Å². The molecule has 2 aromatic rings. The molecule has 164 valence electrons. The molecule has 0 aliphatic carbocycles. The Hall–Kier alpha value is -3.04. The van der Waals surface area contributed by atoms with E-state index in [-0.39, 0.29) is 23.8 Å². The van der Waals surface area contributed by atoms with E-state index >= 15 is 0 Å². The first kappa shape index (κ1) is 22.6. The second kappa shape index (κ2) is 9.40. The zero-order valence-electron chi connectivity index (χ0n) is 17.2. The molecule has 1 heterocycles. The lowest BCUT2D eigenvalue weighted by Gasteiger charge is -2.30. The van der Waals surface area contributed by atoms with Gasteiger partial charge in [-0.2, -0.15) is 4.31 Å². The number of carbonyl (C=O) groups is 3. The zero-order valence-corrected chi connectivity index (χ0v) is 18.1. The predicted molar refractivity (Wildman–Crippen MR) is 111 cm³/mol. The highest BCUT2D eigenvalue weighted by atomic mass is 32.2. The molecular formula is C22H23NO7S. The minimum atomic E-state index is -3.76. The Labute approximate surface area is 180 Å². The molecular weight excluding hydrogens is 422 g/mol. The number of esters is 2. The van der Waals surface area contributed by atoms with Crippen LogP contribution >= 0.6 is 0 Å². The molecule has 0 radical (unpaired) electrons. The molecule has 0 N–H and O–H groups in total. The van der Waals surface area contributed by atoms with Crippen molar-refractivity contribution in [1.82, 2.24) is 4.31 Å². The number of Topliss-reactive ketones (excluding diaryl/α,β-unsaturated/α-hetero) is 1. The zero-order chi connectivity index (χ0) is 22.6. The lowest BCUT2D eigenvalue weighted by Crippen LogP contribution is -2.41. The number of sulfonamides is 1. The summed E-state index contributed by atoms with van der Waals surface area (Å²) in [6.45, 7) is 1.73. The molecule has 31 heavy (non-hydrogen) atoms. The van der Waals surface area contributed by atoms with E-state index in [1.54, 1.807) is 12.1 Å². The Bertz CT molecular complexity index is 1090. The van der Waals surface area contributed by atoms with Crippen LogP contribution < -0.4 is 4.74 Å². The summed E-state index contributed by atoms with van der Waals surface area (Å²) in [5.74, 6) is -1.27. The van der Waals surface area contributed by atoms with Crippen LogP contribution in [0.3, 0.4) is 0 Å². The number of hydrogen-bond donors (Lipinski definition) is 0. The van der Waals surface area contributed by atoms with Crippen LogP contribution in [0, 0.1) is 5.92 Å². The SMILES string of the molecule is COC(=O)c1ccc(OC(=O)C2CCN(S(=O)(=O)c3cccc(C(C)=O)c3)CC2)cc1. The fourth-order valence-corrected chi connectivity index (χ4v) is 4.85. The van der Waals surface area contributed by atoms with Crippen molar-refractivity contribution in [2.45, 2.75) is 24.7 Å². The van der Waals surface area contributed by atoms with Crippen LogP contribution in [0.2, 0.25) is 0 Å². The number of ketones is 1. The molecule has 8 nitrogen and oxygen atoms in total. The van der Waals surface area contributed by atoms with Gasteiger partial charge in [0.1, 0.15) is 5.75 Å². The molecule has 3 rings (SSSR count). The van der Waals surface area contributed by atoms with E-state index in [0.717, 1.165) is 0 Å². The lowest BCUT2D eigenvalue weighted by atomic mass is 9.98. The highest BCUT2D eigenvalue weighted by molar-refractivity contribution is 7.89.